The van der Waals surface area contributed by atoms with Gasteiger partial charge in [-0.25, -0.2) is 0 Å². The molecule has 0 bridgehead atoms. The van der Waals surface area contributed by atoms with Gasteiger partial charge in [0.1, 0.15) is 11.6 Å². The van der Waals surface area contributed by atoms with Crippen LogP contribution in [0.2, 0.25) is 0 Å². The van der Waals surface area contributed by atoms with Gasteiger partial charge in [-0.1, -0.05) is 0 Å². The molecule has 1 saturated heterocycles. The lowest BCUT2D eigenvalue weighted by molar-refractivity contribution is -0.0105. The van der Waals surface area contributed by atoms with E-state index in [1.54, 1.807) is 0 Å². The Morgan fingerprint density at radius 1 is 1.29 bits per heavy atom. The van der Waals surface area contributed by atoms with Gasteiger partial charge in [-0.2, -0.15) is 0 Å². The Balaban J connectivity index is 1.60. The van der Waals surface area contributed by atoms with Gasteiger partial charge in [-0.05, 0) is 26.2 Å². The maximum Gasteiger partial charge on any atom is 0.147 e. The maximum absolute atomic E-state index is 5.79. The summed E-state index contributed by atoms with van der Waals surface area (Å²) in [4.78, 5) is 2.44. The number of ether oxygens (including phenoxy) is 1. The zero-order valence-corrected chi connectivity index (χ0v) is 10.4. The van der Waals surface area contributed by atoms with Crippen molar-refractivity contribution >= 4 is 0 Å². The molecule has 1 aromatic rings. The lowest BCUT2D eigenvalue weighted by atomic mass is 10.1. The van der Waals surface area contributed by atoms with E-state index in [1.807, 2.05) is 6.92 Å². The van der Waals surface area contributed by atoms with Crippen molar-refractivity contribution in [1.29, 1.82) is 0 Å². The summed E-state index contributed by atoms with van der Waals surface area (Å²) in [6, 6.07) is 0. The van der Waals surface area contributed by atoms with Crippen LogP contribution in [0.4, 0.5) is 0 Å². The molecule has 0 spiro atoms. The number of hydrogen-bond donors (Lipinski definition) is 0. The van der Waals surface area contributed by atoms with E-state index in [2.05, 4.69) is 19.7 Å². The molecule has 2 aliphatic heterocycles. The Morgan fingerprint density at radius 2 is 2.24 bits per heavy atom. The summed E-state index contributed by atoms with van der Waals surface area (Å²) >= 11 is 0. The molecule has 0 amide bonds. The number of nitrogens with zero attached hydrogens (tertiary/aromatic N) is 4. The molecular formula is C12H20N4O. The van der Waals surface area contributed by atoms with Crippen molar-refractivity contribution in [2.24, 2.45) is 0 Å². The van der Waals surface area contributed by atoms with E-state index < -0.39 is 0 Å². The fraction of sp³-hybridized carbons (Fsp3) is 0.833. The molecule has 5 nitrogen and oxygen atoms in total. The summed E-state index contributed by atoms with van der Waals surface area (Å²) < 4.78 is 8.01. The highest BCUT2D eigenvalue weighted by atomic mass is 16.5. The van der Waals surface area contributed by atoms with Gasteiger partial charge in [0, 0.05) is 26.2 Å². The number of rotatable bonds is 2. The Bertz CT molecular complexity index is 384. The summed E-state index contributed by atoms with van der Waals surface area (Å²) in [6.07, 6.45) is 4.18. The van der Waals surface area contributed by atoms with Gasteiger partial charge in [-0.15, -0.1) is 10.2 Å². The summed E-state index contributed by atoms with van der Waals surface area (Å²) in [6.45, 7) is 7.03. The van der Waals surface area contributed by atoms with E-state index in [4.69, 9.17) is 4.74 Å². The van der Waals surface area contributed by atoms with Crippen molar-refractivity contribution in [3.8, 4) is 0 Å². The molecule has 0 aromatic carbocycles. The predicted octanol–water partition coefficient (Wildman–Crippen LogP) is 0.971. The minimum Gasteiger partial charge on any atom is -0.377 e. The summed E-state index contributed by atoms with van der Waals surface area (Å²) in [5.74, 6) is 2.14. The van der Waals surface area contributed by atoms with Crippen LogP contribution < -0.4 is 0 Å². The zero-order chi connectivity index (χ0) is 11.7. The predicted molar refractivity (Wildman–Crippen MR) is 63.6 cm³/mol. The van der Waals surface area contributed by atoms with Gasteiger partial charge in [0.25, 0.3) is 0 Å². The third-order valence-electron chi connectivity index (χ3n) is 3.75. The van der Waals surface area contributed by atoms with Crippen molar-refractivity contribution in [2.75, 3.05) is 19.7 Å². The minimum absolute atomic E-state index is 0.430. The highest BCUT2D eigenvalue weighted by Gasteiger charge is 2.23. The first-order valence-corrected chi connectivity index (χ1v) is 6.55. The Morgan fingerprint density at radius 3 is 3.06 bits per heavy atom. The first kappa shape index (κ1) is 11.2. The third-order valence-corrected chi connectivity index (χ3v) is 3.75. The lowest BCUT2D eigenvalue weighted by Crippen LogP contribution is -2.40. The van der Waals surface area contributed by atoms with Gasteiger partial charge in [0.15, 0.2) is 0 Å². The number of hydrogen-bond acceptors (Lipinski definition) is 4. The molecule has 0 aliphatic carbocycles. The molecule has 17 heavy (non-hydrogen) atoms. The number of aryl methyl sites for hydroxylation is 1. The molecule has 3 rings (SSSR count). The van der Waals surface area contributed by atoms with Crippen molar-refractivity contribution < 1.29 is 4.74 Å². The van der Waals surface area contributed by atoms with E-state index in [9.17, 15) is 0 Å². The standard InChI is InChI=1S/C12H20N4O/c1-10-13-14-12-9-15(5-6-16(10)12)8-11-4-2-3-7-17-11/h11H,2-9H2,1H3/t11-/m0/s1. The molecule has 5 heteroatoms. The van der Waals surface area contributed by atoms with Gasteiger partial charge in [0.2, 0.25) is 0 Å². The first-order valence-electron chi connectivity index (χ1n) is 6.55. The SMILES string of the molecule is Cc1nnc2n1CCN(C[C@@H]1CCCCO1)C2. The molecule has 94 valence electrons. The van der Waals surface area contributed by atoms with Crippen LogP contribution in [0.15, 0.2) is 0 Å². The number of aromatic nitrogens is 3. The highest BCUT2D eigenvalue weighted by molar-refractivity contribution is 4.97. The fourth-order valence-electron chi connectivity index (χ4n) is 2.75. The van der Waals surface area contributed by atoms with E-state index >= 15 is 0 Å². The van der Waals surface area contributed by atoms with E-state index in [0.717, 1.165) is 44.4 Å². The van der Waals surface area contributed by atoms with Gasteiger partial charge in [0.05, 0.1) is 12.6 Å². The molecule has 0 saturated carbocycles. The van der Waals surface area contributed by atoms with Crippen molar-refractivity contribution in [1.82, 2.24) is 19.7 Å². The lowest BCUT2D eigenvalue weighted by Gasteiger charge is -2.32. The van der Waals surface area contributed by atoms with Crippen LogP contribution in [-0.4, -0.2) is 45.5 Å². The normalized spacial score (nSPS) is 25.8. The second-order valence-electron chi connectivity index (χ2n) is 5.04. The summed E-state index contributed by atoms with van der Waals surface area (Å²) in [5.41, 5.74) is 0. The quantitative estimate of drug-likeness (QED) is 0.767. The second-order valence-corrected chi connectivity index (χ2v) is 5.04. The molecule has 0 N–H and O–H groups in total. The smallest absolute Gasteiger partial charge is 0.147 e. The Kier molecular flexibility index (Phi) is 3.11. The average molecular weight is 236 g/mol. The van der Waals surface area contributed by atoms with Crippen LogP contribution in [0.3, 0.4) is 0 Å². The van der Waals surface area contributed by atoms with Crippen LogP contribution in [0.1, 0.15) is 30.9 Å². The topological polar surface area (TPSA) is 43.2 Å². The van der Waals surface area contributed by atoms with Crippen LogP contribution >= 0.6 is 0 Å². The molecule has 1 aromatic heterocycles. The molecule has 1 atom stereocenters. The van der Waals surface area contributed by atoms with Gasteiger partial charge < -0.3 is 9.30 Å². The molecule has 3 heterocycles. The third kappa shape index (κ3) is 2.35. The first-order chi connectivity index (χ1) is 8.33. The van der Waals surface area contributed by atoms with E-state index in [-0.39, 0.29) is 0 Å². The van der Waals surface area contributed by atoms with Crippen LogP contribution in [0, 0.1) is 6.92 Å². The van der Waals surface area contributed by atoms with Crippen LogP contribution in [-0.2, 0) is 17.8 Å². The summed E-state index contributed by atoms with van der Waals surface area (Å²) in [5, 5.41) is 8.36. The van der Waals surface area contributed by atoms with E-state index in [0.29, 0.717) is 6.10 Å². The maximum atomic E-state index is 5.79. The number of fused-ring (bicyclic) bond motifs is 1. The van der Waals surface area contributed by atoms with Crippen LogP contribution in [0.5, 0.6) is 0 Å². The summed E-state index contributed by atoms with van der Waals surface area (Å²) in [7, 11) is 0. The monoisotopic (exact) mass is 236 g/mol. The van der Waals surface area contributed by atoms with Crippen LogP contribution in [0.25, 0.3) is 0 Å². The van der Waals surface area contributed by atoms with Crippen molar-refractivity contribution in [2.45, 2.75) is 45.4 Å². The molecular weight excluding hydrogens is 216 g/mol. The van der Waals surface area contributed by atoms with Crippen molar-refractivity contribution in [3.05, 3.63) is 11.6 Å². The van der Waals surface area contributed by atoms with Gasteiger partial charge >= 0.3 is 0 Å². The molecule has 1 fully saturated rings. The van der Waals surface area contributed by atoms with E-state index in [1.165, 1.54) is 19.3 Å². The van der Waals surface area contributed by atoms with Gasteiger partial charge in [-0.3, -0.25) is 4.90 Å². The Labute approximate surface area is 102 Å². The Hall–Kier alpha value is -0.940. The zero-order valence-electron chi connectivity index (χ0n) is 10.4. The largest absolute Gasteiger partial charge is 0.377 e. The minimum atomic E-state index is 0.430. The average Bonchev–Trinajstić information content (AvgIpc) is 2.72. The molecule has 0 unspecified atom stereocenters. The fourth-order valence-corrected chi connectivity index (χ4v) is 2.75. The molecule has 2 aliphatic rings. The second kappa shape index (κ2) is 4.74. The molecule has 0 radical (unpaired) electrons. The van der Waals surface area contributed by atoms with Crippen molar-refractivity contribution in [3.63, 3.8) is 0 Å². The highest BCUT2D eigenvalue weighted by Crippen LogP contribution is 2.17.